The Morgan fingerprint density at radius 3 is 2.53 bits per heavy atom. The molecule has 0 saturated carbocycles. The van der Waals surface area contributed by atoms with E-state index in [4.69, 9.17) is 4.74 Å². The molecule has 0 atom stereocenters. The Labute approximate surface area is 181 Å². The summed E-state index contributed by atoms with van der Waals surface area (Å²) in [4.78, 5) is 12.1. The number of ether oxygens (including phenoxy) is 1. The second-order valence-electron chi connectivity index (χ2n) is 7.09. The van der Waals surface area contributed by atoms with Gasteiger partial charge in [-0.25, -0.2) is 8.42 Å². The lowest BCUT2D eigenvalue weighted by Gasteiger charge is -2.08. The monoisotopic (exact) mass is 448 g/mol. The fraction of sp³-hybridized carbons (Fsp3) is 0.409. The molecule has 0 aliphatic carbocycles. The Morgan fingerprint density at radius 2 is 1.70 bits per heavy atom. The largest absolute Gasteiger partial charge is 0.380 e. The number of nitrogens with one attached hydrogen (secondary N) is 1. The molecule has 0 spiro atoms. The van der Waals surface area contributed by atoms with Crippen LogP contribution in [0.3, 0.4) is 0 Å². The van der Waals surface area contributed by atoms with E-state index >= 15 is 0 Å². The van der Waals surface area contributed by atoms with E-state index in [9.17, 15) is 13.2 Å². The zero-order valence-electron chi connectivity index (χ0n) is 17.0. The highest BCUT2D eigenvalue weighted by atomic mass is 32.2. The molecule has 2 aromatic carbocycles. The van der Waals surface area contributed by atoms with Crippen molar-refractivity contribution in [2.45, 2.75) is 19.4 Å². The number of hydrogen-bond donors (Lipinski definition) is 1. The first-order chi connectivity index (χ1) is 14.6. The SMILES string of the molecule is O=c1sc2ccccc2n1CCNCCCS(=O)(=O)CCOCCc1ccccc1. The van der Waals surface area contributed by atoms with Gasteiger partial charge in [0.25, 0.3) is 0 Å². The summed E-state index contributed by atoms with van der Waals surface area (Å²) in [6, 6.07) is 17.7. The third-order valence-corrected chi connectivity index (χ3v) is 7.47. The van der Waals surface area contributed by atoms with E-state index in [2.05, 4.69) is 5.32 Å². The molecule has 3 rings (SSSR count). The Bertz CT molecular complexity index is 1080. The van der Waals surface area contributed by atoms with Crippen molar-refractivity contribution in [3.63, 3.8) is 0 Å². The van der Waals surface area contributed by atoms with Crippen molar-refractivity contribution in [1.82, 2.24) is 9.88 Å². The van der Waals surface area contributed by atoms with Gasteiger partial charge in [-0.1, -0.05) is 53.8 Å². The van der Waals surface area contributed by atoms with E-state index < -0.39 is 9.84 Å². The highest BCUT2D eigenvalue weighted by molar-refractivity contribution is 7.91. The molecule has 0 unspecified atom stereocenters. The van der Waals surface area contributed by atoms with Gasteiger partial charge in [0.15, 0.2) is 9.84 Å². The van der Waals surface area contributed by atoms with Crippen molar-refractivity contribution in [2.75, 3.05) is 37.8 Å². The van der Waals surface area contributed by atoms with Crippen LogP contribution in [0.1, 0.15) is 12.0 Å². The maximum atomic E-state index is 12.1. The van der Waals surface area contributed by atoms with E-state index in [0.29, 0.717) is 32.7 Å². The summed E-state index contributed by atoms with van der Waals surface area (Å²) < 4.78 is 32.5. The summed E-state index contributed by atoms with van der Waals surface area (Å²) in [6.45, 7) is 2.56. The second-order valence-corrected chi connectivity index (χ2v) is 10.4. The molecule has 1 N–H and O–H groups in total. The van der Waals surface area contributed by atoms with Crippen LogP contribution in [0.5, 0.6) is 0 Å². The first-order valence-corrected chi connectivity index (χ1v) is 12.8. The normalized spacial score (nSPS) is 11.9. The predicted molar refractivity (Wildman–Crippen MR) is 123 cm³/mol. The highest BCUT2D eigenvalue weighted by Gasteiger charge is 2.10. The van der Waals surface area contributed by atoms with Crippen LogP contribution in [0, 0.1) is 0 Å². The summed E-state index contributed by atoms with van der Waals surface area (Å²) in [7, 11) is -3.11. The maximum absolute atomic E-state index is 12.1. The maximum Gasteiger partial charge on any atom is 0.308 e. The lowest BCUT2D eigenvalue weighted by atomic mass is 10.2. The topological polar surface area (TPSA) is 77.4 Å². The standard InChI is InChI=1S/C22H28N2O4S2/c25-22-24(20-9-4-5-10-21(20)29-22)14-13-23-12-6-17-30(26,27)18-16-28-15-11-19-7-2-1-3-8-19/h1-5,7-10,23H,6,11-18H2. The molecule has 0 fully saturated rings. The molecule has 3 aromatic rings. The quantitative estimate of drug-likeness (QED) is 0.407. The van der Waals surface area contributed by atoms with E-state index in [1.165, 1.54) is 16.9 Å². The van der Waals surface area contributed by atoms with Crippen LogP contribution < -0.4 is 10.2 Å². The van der Waals surface area contributed by atoms with Crippen LogP contribution in [0.4, 0.5) is 0 Å². The molecule has 1 heterocycles. The Hall–Kier alpha value is -2.00. The molecule has 0 aliphatic rings. The number of nitrogens with zero attached hydrogens (tertiary/aromatic N) is 1. The number of para-hydroxylation sites is 1. The van der Waals surface area contributed by atoms with Crippen molar-refractivity contribution in [3.05, 3.63) is 69.8 Å². The molecular weight excluding hydrogens is 420 g/mol. The first-order valence-electron chi connectivity index (χ1n) is 10.2. The highest BCUT2D eigenvalue weighted by Crippen LogP contribution is 2.15. The molecule has 0 radical (unpaired) electrons. The summed E-state index contributed by atoms with van der Waals surface area (Å²) in [5, 5.41) is 3.23. The molecule has 0 amide bonds. The summed E-state index contributed by atoms with van der Waals surface area (Å²) >= 11 is 1.25. The zero-order valence-corrected chi connectivity index (χ0v) is 18.6. The van der Waals surface area contributed by atoms with Gasteiger partial charge >= 0.3 is 4.87 Å². The number of benzene rings is 2. The van der Waals surface area contributed by atoms with Crippen LogP contribution >= 0.6 is 11.3 Å². The van der Waals surface area contributed by atoms with Gasteiger partial charge in [-0.3, -0.25) is 9.36 Å². The average molecular weight is 449 g/mol. The van der Waals surface area contributed by atoms with Crippen LogP contribution in [0.15, 0.2) is 59.4 Å². The van der Waals surface area contributed by atoms with Crippen LogP contribution in [0.25, 0.3) is 10.2 Å². The van der Waals surface area contributed by atoms with Crippen molar-refractivity contribution < 1.29 is 13.2 Å². The Kier molecular flexibility index (Phi) is 8.62. The molecule has 0 aliphatic heterocycles. The lowest BCUT2D eigenvalue weighted by Crippen LogP contribution is -2.26. The molecule has 0 saturated heterocycles. The van der Waals surface area contributed by atoms with E-state index in [0.717, 1.165) is 16.6 Å². The van der Waals surface area contributed by atoms with Gasteiger partial charge in [-0.15, -0.1) is 0 Å². The molecule has 6 nitrogen and oxygen atoms in total. The van der Waals surface area contributed by atoms with Crippen LogP contribution in [0.2, 0.25) is 0 Å². The molecule has 0 bridgehead atoms. The summed E-state index contributed by atoms with van der Waals surface area (Å²) in [5.41, 5.74) is 2.13. The zero-order chi connectivity index (χ0) is 21.2. The van der Waals surface area contributed by atoms with Gasteiger partial charge in [0.05, 0.1) is 34.9 Å². The van der Waals surface area contributed by atoms with E-state index in [1.54, 1.807) is 4.57 Å². The van der Waals surface area contributed by atoms with Gasteiger partial charge in [-0.05, 0) is 37.1 Å². The van der Waals surface area contributed by atoms with Gasteiger partial charge in [0.2, 0.25) is 0 Å². The summed E-state index contributed by atoms with van der Waals surface area (Å²) in [5.74, 6) is 0.196. The van der Waals surface area contributed by atoms with Crippen LogP contribution in [-0.2, 0) is 27.5 Å². The molecule has 1 aromatic heterocycles. The van der Waals surface area contributed by atoms with Gasteiger partial charge < -0.3 is 10.1 Å². The fourth-order valence-electron chi connectivity index (χ4n) is 3.18. The van der Waals surface area contributed by atoms with Gasteiger partial charge in [0, 0.05) is 13.1 Å². The number of hydrogen-bond acceptors (Lipinski definition) is 6. The number of rotatable bonds is 13. The van der Waals surface area contributed by atoms with Gasteiger partial charge in [0.1, 0.15) is 0 Å². The summed E-state index contributed by atoms with van der Waals surface area (Å²) in [6.07, 6.45) is 1.33. The molecule has 162 valence electrons. The minimum atomic E-state index is -3.11. The third kappa shape index (κ3) is 7.05. The minimum absolute atomic E-state index is 0.0350. The predicted octanol–water partition coefficient (Wildman–Crippen LogP) is 2.72. The minimum Gasteiger partial charge on any atom is -0.380 e. The lowest BCUT2D eigenvalue weighted by molar-refractivity contribution is 0.152. The van der Waals surface area contributed by atoms with Gasteiger partial charge in [-0.2, -0.15) is 0 Å². The molecule has 30 heavy (non-hydrogen) atoms. The second kappa shape index (κ2) is 11.4. The fourth-order valence-corrected chi connectivity index (χ4v) is 5.26. The Balaban J connectivity index is 1.27. The Morgan fingerprint density at radius 1 is 0.933 bits per heavy atom. The van der Waals surface area contributed by atoms with Crippen molar-refractivity contribution in [2.24, 2.45) is 0 Å². The van der Waals surface area contributed by atoms with Crippen molar-refractivity contribution in [1.29, 1.82) is 0 Å². The number of thiazole rings is 1. The number of aromatic nitrogens is 1. The third-order valence-electron chi connectivity index (χ3n) is 4.81. The van der Waals surface area contributed by atoms with E-state index in [-0.39, 0.29) is 23.0 Å². The van der Waals surface area contributed by atoms with E-state index in [1.807, 2.05) is 54.6 Å². The smallest absolute Gasteiger partial charge is 0.308 e. The first kappa shape index (κ1) is 22.7. The number of fused-ring (bicyclic) bond motifs is 1. The van der Waals surface area contributed by atoms with Crippen molar-refractivity contribution >= 4 is 31.4 Å². The average Bonchev–Trinajstić information content (AvgIpc) is 3.06. The van der Waals surface area contributed by atoms with Crippen molar-refractivity contribution in [3.8, 4) is 0 Å². The molecular formula is C22H28N2O4S2. The number of sulfone groups is 1. The van der Waals surface area contributed by atoms with Crippen LogP contribution in [-0.4, -0.2) is 50.8 Å². The molecule has 8 heteroatoms.